The maximum atomic E-state index is 15.2. The van der Waals surface area contributed by atoms with Crippen LogP contribution in [0.4, 0.5) is 13.2 Å². The molecule has 4 atom stereocenters. The smallest absolute Gasteiger partial charge is 0.166 e. The molecule has 0 heterocycles. The van der Waals surface area contributed by atoms with Crippen LogP contribution in [0.5, 0.6) is 5.75 Å². The molecular formula is C28H33F3O2. The summed E-state index contributed by atoms with van der Waals surface area (Å²) in [7, 11) is 0. The predicted molar refractivity (Wildman–Crippen MR) is 125 cm³/mol. The number of hydrogen-bond donors (Lipinski definition) is 0. The summed E-state index contributed by atoms with van der Waals surface area (Å²) in [5.74, 6) is -1.02. The minimum atomic E-state index is -0.906. The Morgan fingerprint density at radius 2 is 1.73 bits per heavy atom. The van der Waals surface area contributed by atoms with E-state index in [0.29, 0.717) is 29.1 Å². The van der Waals surface area contributed by atoms with Gasteiger partial charge < -0.3 is 9.47 Å². The van der Waals surface area contributed by atoms with Crippen LogP contribution in [0.25, 0.3) is 11.1 Å². The van der Waals surface area contributed by atoms with E-state index in [1.54, 1.807) is 24.3 Å². The first-order valence-corrected chi connectivity index (χ1v) is 12.1. The Hall–Kier alpha value is -2.27. The van der Waals surface area contributed by atoms with Gasteiger partial charge in [-0.05, 0) is 93.4 Å². The topological polar surface area (TPSA) is 18.5 Å². The van der Waals surface area contributed by atoms with Gasteiger partial charge in [-0.2, -0.15) is 0 Å². The molecule has 2 aromatic carbocycles. The number of fused-ring (bicyclic) bond motifs is 1. The van der Waals surface area contributed by atoms with Gasteiger partial charge in [-0.25, -0.2) is 13.2 Å². The van der Waals surface area contributed by atoms with Crippen molar-refractivity contribution in [3.8, 4) is 16.9 Å². The van der Waals surface area contributed by atoms with E-state index in [9.17, 15) is 4.39 Å². The summed E-state index contributed by atoms with van der Waals surface area (Å²) in [5.41, 5.74) is 0.821. The van der Waals surface area contributed by atoms with Crippen LogP contribution in [0.15, 0.2) is 42.5 Å². The monoisotopic (exact) mass is 458 g/mol. The molecule has 2 saturated carbocycles. The molecule has 0 N–H and O–H groups in total. The molecule has 4 rings (SSSR count). The maximum absolute atomic E-state index is 15.2. The van der Waals surface area contributed by atoms with Crippen LogP contribution in [0.3, 0.4) is 0 Å². The zero-order valence-electron chi connectivity index (χ0n) is 19.5. The van der Waals surface area contributed by atoms with Gasteiger partial charge >= 0.3 is 0 Å². The summed E-state index contributed by atoms with van der Waals surface area (Å²) in [6.45, 7) is 4.88. The first kappa shape index (κ1) is 23.9. The number of allylic oxidation sites excluding steroid dienone is 1. The van der Waals surface area contributed by atoms with Crippen LogP contribution in [0.1, 0.15) is 63.9 Å². The summed E-state index contributed by atoms with van der Waals surface area (Å²) in [4.78, 5) is 0. The lowest BCUT2D eigenvalue weighted by Gasteiger charge is -2.42. The molecule has 178 valence electrons. The van der Waals surface area contributed by atoms with Gasteiger partial charge in [0, 0.05) is 12.2 Å². The fraction of sp³-hybridized carbons (Fsp3) is 0.500. The Kier molecular flexibility index (Phi) is 7.79. The van der Waals surface area contributed by atoms with Crippen molar-refractivity contribution in [3.05, 3.63) is 65.5 Å². The quantitative estimate of drug-likeness (QED) is 0.394. The Balaban J connectivity index is 1.49. The number of benzene rings is 2. The number of hydrogen-bond acceptors (Lipinski definition) is 2. The van der Waals surface area contributed by atoms with Crippen LogP contribution in [0, 0.1) is 29.3 Å². The van der Waals surface area contributed by atoms with Crippen LogP contribution < -0.4 is 4.74 Å². The fourth-order valence-electron chi connectivity index (χ4n) is 5.64. The molecule has 2 aromatic rings. The van der Waals surface area contributed by atoms with E-state index in [-0.39, 0.29) is 23.8 Å². The lowest BCUT2D eigenvalue weighted by molar-refractivity contribution is -0.00970. The SMILES string of the molecule is C/C=C/COc1ccc(-c2ccc(C3CCC4CC(OCC)CCC4C3)c(F)c2F)cc1F. The van der Waals surface area contributed by atoms with Crippen molar-refractivity contribution in [1.82, 2.24) is 0 Å². The Labute approximate surface area is 194 Å². The molecule has 0 amide bonds. The Bertz CT molecular complexity index is 987. The summed E-state index contributed by atoms with van der Waals surface area (Å²) in [5, 5.41) is 0. The van der Waals surface area contributed by atoms with Gasteiger partial charge in [-0.3, -0.25) is 0 Å². The van der Waals surface area contributed by atoms with E-state index in [4.69, 9.17) is 9.47 Å². The van der Waals surface area contributed by atoms with E-state index in [1.165, 1.54) is 12.1 Å². The molecule has 0 saturated heterocycles. The van der Waals surface area contributed by atoms with Crippen molar-refractivity contribution in [1.29, 1.82) is 0 Å². The van der Waals surface area contributed by atoms with Gasteiger partial charge in [0.1, 0.15) is 6.61 Å². The lowest BCUT2D eigenvalue weighted by atomic mass is 9.65. The molecule has 2 aliphatic rings. The van der Waals surface area contributed by atoms with E-state index in [2.05, 4.69) is 0 Å². The van der Waals surface area contributed by atoms with Crippen molar-refractivity contribution in [2.45, 2.75) is 64.4 Å². The Morgan fingerprint density at radius 3 is 2.48 bits per heavy atom. The first-order valence-electron chi connectivity index (χ1n) is 12.1. The van der Waals surface area contributed by atoms with Gasteiger partial charge in [0.2, 0.25) is 0 Å². The molecule has 0 aliphatic heterocycles. The molecule has 33 heavy (non-hydrogen) atoms. The third-order valence-electron chi connectivity index (χ3n) is 7.33. The van der Waals surface area contributed by atoms with Crippen LogP contribution in [-0.4, -0.2) is 19.3 Å². The third kappa shape index (κ3) is 5.29. The molecule has 0 radical (unpaired) electrons. The van der Waals surface area contributed by atoms with Crippen LogP contribution >= 0.6 is 0 Å². The Morgan fingerprint density at radius 1 is 0.939 bits per heavy atom. The van der Waals surface area contributed by atoms with E-state index >= 15 is 8.78 Å². The van der Waals surface area contributed by atoms with Crippen molar-refractivity contribution >= 4 is 0 Å². The predicted octanol–water partition coefficient (Wildman–Crippen LogP) is 7.81. The highest BCUT2D eigenvalue weighted by Gasteiger charge is 2.37. The molecular weight excluding hydrogens is 425 g/mol. The van der Waals surface area contributed by atoms with Crippen LogP contribution in [0.2, 0.25) is 0 Å². The van der Waals surface area contributed by atoms with Crippen molar-refractivity contribution in [2.24, 2.45) is 11.8 Å². The van der Waals surface area contributed by atoms with Gasteiger partial charge in [0.25, 0.3) is 0 Å². The number of halogens is 3. The fourth-order valence-corrected chi connectivity index (χ4v) is 5.64. The highest BCUT2D eigenvalue weighted by molar-refractivity contribution is 5.66. The summed E-state index contributed by atoms with van der Waals surface area (Å²) in [6.07, 6.45) is 9.94. The zero-order chi connectivity index (χ0) is 23.4. The third-order valence-corrected chi connectivity index (χ3v) is 7.33. The van der Waals surface area contributed by atoms with E-state index < -0.39 is 17.5 Å². The minimum absolute atomic E-state index is 0.0255. The summed E-state index contributed by atoms with van der Waals surface area (Å²) in [6, 6.07) is 7.50. The average Bonchev–Trinajstić information content (AvgIpc) is 2.82. The maximum Gasteiger partial charge on any atom is 0.166 e. The summed E-state index contributed by atoms with van der Waals surface area (Å²) >= 11 is 0. The minimum Gasteiger partial charge on any atom is -0.486 e. The van der Waals surface area contributed by atoms with E-state index in [1.807, 2.05) is 19.9 Å². The van der Waals surface area contributed by atoms with Crippen molar-refractivity contribution in [2.75, 3.05) is 13.2 Å². The molecule has 0 aromatic heterocycles. The van der Waals surface area contributed by atoms with Gasteiger partial charge in [0.05, 0.1) is 6.10 Å². The average molecular weight is 459 g/mol. The van der Waals surface area contributed by atoms with Gasteiger partial charge in [-0.1, -0.05) is 30.4 Å². The second-order valence-corrected chi connectivity index (χ2v) is 9.28. The first-order chi connectivity index (χ1) is 16.0. The molecule has 2 nitrogen and oxygen atoms in total. The number of rotatable bonds is 7. The standard InChI is InChI=1S/C28H33F3O2/c1-3-5-14-33-26-13-9-21(17-25(26)29)24-12-11-23(27(30)28(24)31)20-7-6-19-16-22(32-4-2)10-8-18(19)15-20/h3,5,9,11-13,17-20,22H,4,6-8,10,14-16H2,1-2H3/b5-3+. The molecule has 5 heteroatoms. The second kappa shape index (κ2) is 10.8. The highest BCUT2D eigenvalue weighted by Crippen LogP contribution is 2.47. The molecule has 2 aliphatic carbocycles. The highest BCUT2D eigenvalue weighted by atomic mass is 19.2. The van der Waals surface area contributed by atoms with Crippen LogP contribution in [-0.2, 0) is 4.74 Å². The number of ether oxygens (including phenoxy) is 2. The molecule has 2 fully saturated rings. The largest absolute Gasteiger partial charge is 0.486 e. The molecule has 4 unspecified atom stereocenters. The van der Waals surface area contributed by atoms with Gasteiger partial charge in [-0.15, -0.1) is 0 Å². The van der Waals surface area contributed by atoms with E-state index in [0.717, 1.165) is 45.1 Å². The molecule has 0 spiro atoms. The lowest BCUT2D eigenvalue weighted by Crippen LogP contribution is -2.34. The zero-order valence-corrected chi connectivity index (χ0v) is 19.5. The van der Waals surface area contributed by atoms with Crippen molar-refractivity contribution < 1.29 is 22.6 Å². The normalized spacial score (nSPS) is 25.2. The summed E-state index contributed by atoms with van der Waals surface area (Å²) < 4.78 is 55.9. The molecule has 0 bridgehead atoms. The second-order valence-electron chi connectivity index (χ2n) is 9.28. The van der Waals surface area contributed by atoms with Gasteiger partial charge in [0.15, 0.2) is 23.2 Å². The van der Waals surface area contributed by atoms with Crippen molar-refractivity contribution in [3.63, 3.8) is 0 Å².